The lowest BCUT2D eigenvalue weighted by atomic mass is 10.5. The Morgan fingerprint density at radius 3 is 2.00 bits per heavy atom. The van der Waals surface area contributed by atoms with Gasteiger partial charge in [-0.2, -0.15) is 10.2 Å². The minimum atomic E-state index is -0.127. The van der Waals surface area contributed by atoms with E-state index in [4.69, 9.17) is 57.9 Å². The zero-order valence-corrected chi connectivity index (χ0v) is 19.5. The average molecular weight is 519 g/mol. The molecule has 0 aliphatic rings. The van der Waals surface area contributed by atoms with Gasteiger partial charge in [0.25, 0.3) is 0 Å². The Labute approximate surface area is 203 Å². The van der Waals surface area contributed by atoms with Crippen LogP contribution in [-0.2, 0) is 10.7 Å². The minimum Gasteiger partial charge on any atom is -0.382 e. The number of hydrogen-bond donors (Lipinski definition) is 2. The van der Waals surface area contributed by atoms with Crippen LogP contribution in [0.1, 0.15) is 5.69 Å². The lowest BCUT2D eigenvalue weighted by molar-refractivity contribution is -0.114. The second-order valence-corrected chi connectivity index (χ2v) is 6.62. The molecule has 4 rings (SSSR count). The predicted molar refractivity (Wildman–Crippen MR) is 127 cm³/mol. The molecule has 0 fully saturated rings. The second kappa shape index (κ2) is 15.9. The van der Waals surface area contributed by atoms with Crippen molar-refractivity contribution in [2.75, 3.05) is 23.2 Å². The van der Waals surface area contributed by atoms with E-state index < -0.39 is 0 Å². The van der Waals surface area contributed by atoms with E-state index in [1.54, 1.807) is 41.2 Å². The first-order valence-corrected chi connectivity index (χ1v) is 10.6. The Balaban J connectivity index is 0.000000220. The smallest absolute Gasteiger partial charge is 0.162 e. The lowest BCUT2D eigenvalue weighted by Gasteiger charge is -1.86. The molecule has 0 radical (unpaired) electrons. The average Bonchev–Trinajstić information content (AvgIpc) is 3.26. The molecule has 0 saturated carbocycles. The van der Waals surface area contributed by atoms with Crippen molar-refractivity contribution in [1.82, 2.24) is 35.0 Å². The summed E-state index contributed by atoms with van der Waals surface area (Å²) in [5.41, 5.74) is 12.1. The molecule has 0 bridgehead atoms. The highest BCUT2D eigenvalue weighted by molar-refractivity contribution is 6.35. The molecular weight excluding hydrogens is 500 g/mol. The molecule has 14 heteroatoms. The van der Waals surface area contributed by atoms with Crippen molar-refractivity contribution in [1.29, 1.82) is 0 Å². The van der Waals surface area contributed by atoms with Crippen molar-refractivity contribution >= 4 is 69.5 Å². The summed E-state index contributed by atoms with van der Waals surface area (Å²) in [7, 11) is 0. The molecule has 0 amide bonds. The number of anilines is 2. The van der Waals surface area contributed by atoms with Gasteiger partial charge in [0.05, 0.1) is 29.5 Å². The Kier molecular flexibility index (Phi) is 13.6. The summed E-state index contributed by atoms with van der Waals surface area (Å²) in [6.07, 6.45) is 5.12. The Morgan fingerprint density at radius 1 is 0.906 bits per heavy atom. The summed E-state index contributed by atoms with van der Waals surface area (Å²) < 4.78 is 1.71. The number of carbonyl (C=O) groups is 1. The van der Waals surface area contributed by atoms with E-state index in [-0.39, 0.29) is 17.5 Å². The monoisotopic (exact) mass is 517 g/mol. The van der Waals surface area contributed by atoms with Gasteiger partial charge in [-0.1, -0.05) is 11.6 Å². The number of aromatic nitrogens is 7. The summed E-state index contributed by atoms with van der Waals surface area (Å²) in [4.78, 5) is 14.1. The van der Waals surface area contributed by atoms with Gasteiger partial charge in [-0.15, -0.1) is 50.1 Å². The number of imidazole rings is 1. The molecule has 4 aromatic rings. The van der Waals surface area contributed by atoms with Crippen LogP contribution in [0.5, 0.6) is 0 Å². The van der Waals surface area contributed by atoms with Crippen LogP contribution >= 0.6 is 46.4 Å². The van der Waals surface area contributed by atoms with Gasteiger partial charge in [-0.05, 0) is 36.4 Å². The number of hydrogen-bond acceptors (Lipinski definition) is 9. The summed E-state index contributed by atoms with van der Waals surface area (Å²) >= 11 is 21.0. The summed E-state index contributed by atoms with van der Waals surface area (Å²) in [6.45, 7) is 0. The summed E-state index contributed by atoms with van der Waals surface area (Å²) in [5.74, 6) is 1.21. The Bertz CT molecular complexity index is 989. The Morgan fingerprint density at radius 2 is 1.59 bits per heavy atom. The van der Waals surface area contributed by atoms with Crippen LogP contribution in [0.3, 0.4) is 0 Å². The third kappa shape index (κ3) is 11.6. The zero-order valence-electron chi connectivity index (χ0n) is 16.5. The number of nitrogen functional groups attached to an aromatic ring is 2. The molecule has 4 heterocycles. The van der Waals surface area contributed by atoms with Crippen LogP contribution in [-0.4, -0.2) is 52.5 Å². The molecule has 0 unspecified atom stereocenters. The van der Waals surface area contributed by atoms with E-state index in [2.05, 4.69) is 30.5 Å². The molecule has 0 spiro atoms. The second-order valence-electron chi connectivity index (χ2n) is 5.43. The van der Waals surface area contributed by atoms with Gasteiger partial charge in [-0.3, -0.25) is 4.79 Å². The molecule has 10 nitrogen and oxygen atoms in total. The fourth-order valence-corrected chi connectivity index (χ4v) is 2.14. The maximum Gasteiger partial charge on any atom is 0.162 e. The molecule has 170 valence electrons. The van der Waals surface area contributed by atoms with Crippen LogP contribution in [0.25, 0.3) is 5.65 Å². The highest BCUT2D eigenvalue weighted by Gasteiger charge is 1.98. The van der Waals surface area contributed by atoms with Gasteiger partial charge in [0.2, 0.25) is 0 Å². The molecule has 32 heavy (non-hydrogen) atoms. The number of alkyl halides is 3. The van der Waals surface area contributed by atoms with Crippen molar-refractivity contribution in [3.63, 3.8) is 0 Å². The summed E-state index contributed by atoms with van der Waals surface area (Å²) in [6, 6.07) is 10.3. The van der Waals surface area contributed by atoms with Crippen molar-refractivity contribution in [3.05, 3.63) is 65.8 Å². The maximum atomic E-state index is 9.92. The molecule has 0 atom stereocenters. The largest absolute Gasteiger partial charge is 0.382 e. The number of rotatable bonds is 3. The van der Waals surface area contributed by atoms with Gasteiger partial charge in [0, 0.05) is 12.4 Å². The van der Waals surface area contributed by atoms with Gasteiger partial charge in [-0.25, -0.2) is 9.50 Å². The van der Waals surface area contributed by atoms with E-state index in [0.29, 0.717) is 22.7 Å². The Hall–Kier alpha value is -2.79. The van der Waals surface area contributed by atoms with Crippen LogP contribution in [0.2, 0.25) is 5.15 Å². The zero-order chi connectivity index (χ0) is 23.8. The molecule has 0 aliphatic heterocycles. The van der Waals surface area contributed by atoms with Gasteiger partial charge < -0.3 is 11.5 Å². The number of carbonyl (C=O) groups excluding carboxylic acids is 1. The topological polar surface area (TPSA) is 151 Å². The van der Waals surface area contributed by atoms with E-state index in [0.717, 1.165) is 11.3 Å². The SMILES string of the molecule is ClCc1cn2ncccc2n1.Nc1ccc(Cl)nn1.Nc1cccnn1.O=C(CCl)CCl. The highest BCUT2D eigenvalue weighted by Crippen LogP contribution is 2.04. The van der Waals surface area contributed by atoms with E-state index in [1.807, 2.05) is 18.3 Å². The van der Waals surface area contributed by atoms with Crippen molar-refractivity contribution < 1.29 is 4.79 Å². The van der Waals surface area contributed by atoms with Crippen LogP contribution in [0.4, 0.5) is 11.6 Å². The minimum absolute atomic E-state index is 0.0312. The highest BCUT2D eigenvalue weighted by atomic mass is 35.5. The van der Waals surface area contributed by atoms with Crippen LogP contribution < -0.4 is 11.5 Å². The molecule has 4 aromatic heterocycles. The number of halogens is 4. The van der Waals surface area contributed by atoms with Gasteiger partial charge in [0.15, 0.2) is 16.6 Å². The summed E-state index contributed by atoms with van der Waals surface area (Å²) in [5, 5.41) is 18.4. The van der Waals surface area contributed by atoms with E-state index in [1.165, 1.54) is 0 Å². The van der Waals surface area contributed by atoms with Crippen molar-refractivity contribution in [3.8, 4) is 0 Å². The number of fused-ring (bicyclic) bond motifs is 1. The molecule has 0 aliphatic carbocycles. The third-order valence-electron chi connectivity index (χ3n) is 2.97. The van der Waals surface area contributed by atoms with Gasteiger partial charge in [0.1, 0.15) is 11.6 Å². The number of ketones is 1. The molecular formula is C18H19Cl4N9O. The lowest BCUT2D eigenvalue weighted by Crippen LogP contribution is -1.98. The van der Waals surface area contributed by atoms with Crippen molar-refractivity contribution in [2.45, 2.75) is 5.88 Å². The third-order valence-corrected chi connectivity index (χ3v) is 4.04. The first-order valence-electron chi connectivity index (χ1n) is 8.66. The van der Waals surface area contributed by atoms with E-state index in [9.17, 15) is 4.79 Å². The fraction of sp³-hybridized carbons (Fsp3) is 0.167. The molecule has 0 saturated heterocycles. The van der Waals surface area contributed by atoms with Crippen LogP contribution in [0.15, 0.2) is 55.0 Å². The first-order chi connectivity index (χ1) is 15.4. The van der Waals surface area contributed by atoms with Crippen LogP contribution in [0, 0.1) is 0 Å². The first kappa shape index (κ1) is 27.2. The van der Waals surface area contributed by atoms with Gasteiger partial charge >= 0.3 is 0 Å². The number of Topliss-reactive ketones (excluding diaryl/α,β-unsaturated/α-hetero) is 1. The van der Waals surface area contributed by atoms with E-state index >= 15 is 0 Å². The molecule has 0 aromatic carbocycles. The fourth-order valence-electron chi connectivity index (χ4n) is 1.62. The predicted octanol–water partition coefficient (Wildman–Crippen LogP) is 3.27. The molecule has 4 N–H and O–H groups in total. The van der Waals surface area contributed by atoms with Crippen molar-refractivity contribution in [2.24, 2.45) is 0 Å². The number of nitrogens with zero attached hydrogens (tertiary/aromatic N) is 7. The maximum absolute atomic E-state index is 9.92. The normalized spacial score (nSPS) is 9.38. The number of nitrogens with two attached hydrogens (primary N) is 2. The standard InChI is InChI=1S/C7H6ClN3.C4H4ClN3.C4H5N3.C3H4Cl2O/c8-4-6-5-11-7(10-6)2-1-3-9-11;5-3-1-2-4(6)8-7-3;5-4-2-1-3-6-7-4;4-1-3(6)2-5/h1-3,5H,4H2;1-2H,(H2,6,8);1-3H,(H2,5,7);1-2H2. The quantitative estimate of drug-likeness (QED) is 0.389.